The lowest BCUT2D eigenvalue weighted by Crippen LogP contribution is -2.45. The molecule has 1 saturated heterocycles. The fourth-order valence-corrected chi connectivity index (χ4v) is 3.63. The van der Waals surface area contributed by atoms with Gasteiger partial charge in [-0.2, -0.15) is 13.2 Å². The number of hydrogen-bond donors (Lipinski definition) is 1. The molecule has 32 heavy (non-hydrogen) atoms. The Morgan fingerprint density at radius 2 is 1.72 bits per heavy atom. The quantitative estimate of drug-likeness (QED) is 0.572. The van der Waals surface area contributed by atoms with Gasteiger partial charge >= 0.3 is 6.18 Å². The third kappa shape index (κ3) is 4.28. The zero-order chi connectivity index (χ0) is 22.9. The zero-order valence-electron chi connectivity index (χ0n) is 17.5. The molecule has 0 radical (unpaired) electrons. The van der Waals surface area contributed by atoms with Gasteiger partial charge in [0.25, 0.3) is 0 Å². The van der Waals surface area contributed by atoms with Crippen LogP contribution < -0.4 is 10.1 Å². The van der Waals surface area contributed by atoms with Crippen molar-refractivity contribution in [3.8, 4) is 5.75 Å². The number of anilines is 1. The summed E-state index contributed by atoms with van der Waals surface area (Å²) in [5, 5.41) is 4.61. The molecule has 0 aromatic heterocycles. The number of alkyl halides is 3. The van der Waals surface area contributed by atoms with Crippen molar-refractivity contribution in [2.75, 3.05) is 25.6 Å². The predicted octanol–water partition coefficient (Wildman–Crippen LogP) is 5.56. The van der Waals surface area contributed by atoms with Crippen LogP contribution >= 0.6 is 0 Å². The van der Waals surface area contributed by atoms with Crippen LogP contribution in [0, 0.1) is 5.41 Å². The molecule has 1 heterocycles. The fourth-order valence-electron chi connectivity index (χ4n) is 3.63. The van der Waals surface area contributed by atoms with Crippen LogP contribution in [0.15, 0.2) is 60.7 Å². The zero-order valence-corrected chi connectivity index (χ0v) is 17.5. The molecule has 1 fully saturated rings. The number of amides is 1. The van der Waals surface area contributed by atoms with E-state index in [4.69, 9.17) is 14.2 Å². The van der Waals surface area contributed by atoms with Crippen LogP contribution in [-0.4, -0.2) is 26.2 Å². The molecular weight excluding hydrogens is 423 g/mol. The predicted molar refractivity (Wildman–Crippen MR) is 113 cm³/mol. The molecule has 4 rings (SSSR count). The lowest BCUT2D eigenvalue weighted by atomic mass is 9.90. The molecule has 0 bridgehead atoms. The van der Waals surface area contributed by atoms with E-state index in [1.807, 2.05) is 24.3 Å². The molecule has 1 amide bonds. The molecule has 3 aromatic carbocycles. The van der Waals surface area contributed by atoms with Crippen molar-refractivity contribution < 1.29 is 32.2 Å². The van der Waals surface area contributed by atoms with Gasteiger partial charge in [-0.05, 0) is 31.2 Å². The number of ether oxygens (including phenoxy) is 3. The molecule has 0 saturated carbocycles. The summed E-state index contributed by atoms with van der Waals surface area (Å²) in [5.74, 6) is 0.383. The minimum atomic E-state index is -4.46. The largest absolute Gasteiger partial charge is 0.496 e. The van der Waals surface area contributed by atoms with Crippen molar-refractivity contribution in [1.29, 1.82) is 0 Å². The summed E-state index contributed by atoms with van der Waals surface area (Å²) in [6.45, 7) is 1.68. The van der Waals surface area contributed by atoms with Gasteiger partial charge in [0.2, 0.25) is 5.91 Å². The highest BCUT2D eigenvalue weighted by molar-refractivity contribution is 6.05. The number of fused-ring (bicyclic) bond motifs is 1. The van der Waals surface area contributed by atoms with Crippen molar-refractivity contribution in [1.82, 2.24) is 0 Å². The molecule has 0 aliphatic carbocycles. The Kier molecular flexibility index (Phi) is 5.83. The van der Waals surface area contributed by atoms with E-state index in [1.165, 1.54) is 12.1 Å². The molecule has 1 aliphatic rings. The Balaban J connectivity index is 1.48. The number of carbonyl (C=O) groups excluding carboxylic acids is 1. The van der Waals surface area contributed by atoms with Crippen LogP contribution in [0.1, 0.15) is 24.3 Å². The lowest BCUT2D eigenvalue weighted by molar-refractivity contribution is -0.226. The second-order valence-electron chi connectivity index (χ2n) is 7.95. The van der Waals surface area contributed by atoms with Gasteiger partial charge in [0.05, 0.1) is 31.3 Å². The summed E-state index contributed by atoms with van der Waals surface area (Å²) in [4.78, 5) is 13.1. The Hall–Kier alpha value is -3.10. The standard InChI is InChI=1S/C24H22F3NO4/c1-23(13-31-21(32-14-23)15-6-5-7-16(12-15)24(25,26)27)22(29)28-19-10-11-20(30-2)18-9-4-3-8-17(18)19/h3-12,21H,13-14H2,1-2H3,(H,28,29). The number of hydrogen-bond acceptors (Lipinski definition) is 4. The van der Waals surface area contributed by atoms with Gasteiger partial charge in [-0.25, -0.2) is 0 Å². The first-order chi connectivity index (χ1) is 15.2. The van der Waals surface area contributed by atoms with E-state index in [1.54, 1.807) is 26.2 Å². The van der Waals surface area contributed by atoms with Crippen molar-refractivity contribution in [2.45, 2.75) is 19.4 Å². The van der Waals surface area contributed by atoms with E-state index >= 15 is 0 Å². The van der Waals surface area contributed by atoms with Crippen LogP contribution in [0.2, 0.25) is 0 Å². The molecule has 0 atom stereocenters. The first kappa shape index (κ1) is 22.1. The van der Waals surface area contributed by atoms with Gasteiger partial charge in [0, 0.05) is 22.0 Å². The Morgan fingerprint density at radius 1 is 1.03 bits per heavy atom. The molecule has 1 N–H and O–H groups in total. The number of benzene rings is 3. The van der Waals surface area contributed by atoms with E-state index in [-0.39, 0.29) is 24.7 Å². The third-order valence-electron chi connectivity index (χ3n) is 5.49. The molecular formula is C24H22F3NO4. The van der Waals surface area contributed by atoms with Crippen molar-refractivity contribution in [3.05, 3.63) is 71.8 Å². The van der Waals surface area contributed by atoms with Gasteiger partial charge in [-0.1, -0.05) is 36.4 Å². The number of nitrogens with one attached hydrogen (secondary N) is 1. The van der Waals surface area contributed by atoms with Crippen molar-refractivity contribution in [3.63, 3.8) is 0 Å². The van der Waals surface area contributed by atoms with Gasteiger partial charge in [-0.15, -0.1) is 0 Å². The monoisotopic (exact) mass is 445 g/mol. The number of rotatable bonds is 4. The number of halogens is 3. The topological polar surface area (TPSA) is 56.8 Å². The lowest BCUT2D eigenvalue weighted by Gasteiger charge is -2.36. The second-order valence-corrected chi connectivity index (χ2v) is 7.95. The van der Waals surface area contributed by atoms with Crippen LogP contribution in [0.3, 0.4) is 0 Å². The first-order valence-corrected chi connectivity index (χ1v) is 9.99. The summed E-state index contributed by atoms with van der Waals surface area (Å²) in [6, 6.07) is 15.9. The van der Waals surface area contributed by atoms with Crippen molar-refractivity contribution in [2.24, 2.45) is 5.41 Å². The number of carbonyl (C=O) groups is 1. The second kappa shape index (κ2) is 8.44. The summed E-state index contributed by atoms with van der Waals surface area (Å²) >= 11 is 0. The highest BCUT2D eigenvalue weighted by atomic mass is 19.4. The molecule has 3 aromatic rings. The van der Waals surface area contributed by atoms with Crippen LogP contribution in [0.4, 0.5) is 18.9 Å². The molecule has 1 aliphatic heterocycles. The summed E-state index contributed by atoms with van der Waals surface area (Å²) in [5.41, 5.74) is -0.921. The maximum Gasteiger partial charge on any atom is 0.416 e. The fraction of sp³-hybridized carbons (Fsp3) is 0.292. The normalized spacial score (nSPS) is 21.3. The summed E-state index contributed by atoms with van der Waals surface area (Å²) in [6.07, 6.45) is -5.43. The van der Waals surface area contributed by atoms with Gasteiger partial charge < -0.3 is 19.5 Å². The Labute approximate surface area is 183 Å². The van der Waals surface area contributed by atoms with Gasteiger partial charge in [0.15, 0.2) is 6.29 Å². The SMILES string of the molecule is COc1ccc(NC(=O)C2(C)COC(c3cccc(C(F)(F)F)c3)OC2)c2ccccc12. The number of methoxy groups -OCH3 is 1. The molecule has 5 nitrogen and oxygen atoms in total. The summed E-state index contributed by atoms with van der Waals surface area (Å²) < 4.78 is 55.7. The van der Waals surface area contributed by atoms with E-state index in [9.17, 15) is 18.0 Å². The molecule has 0 spiro atoms. The Bertz CT molecular complexity index is 1140. The third-order valence-corrected chi connectivity index (χ3v) is 5.49. The van der Waals surface area contributed by atoms with Crippen LogP contribution in [0.25, 0.3) is 10.8 Å². The van der Waals surface area contributed by atoms with E-state index in [0.29, 0.717) is 11.4 Å². The minimum absolute atomic E-state index is 0.00612. The molecule has 168 valence electrons. The van der Waals surface area contributed by atoms with E-state index in [2.05, 4.69) is 5.32 Å². The van der Waals surface area contributed by atoms with Gasteiger partial charge in [-0.3, -0.25) is 4.79 Å². The molecule has 0 unspecified atom stereocenters. The Morgan fingerprint density at radius 3 is 2.38 bits per heavy atom. The molecule has 8 heteroatoms. The van der Waals surface area contributed by atoms with E-state index < -0.39 is 23.4 Å². The average Bonchev–Trinajstić information content (AvgIpc) is 2.79. The average molecular weight is 445 g/mol. The first-order valence-electron chi connectivity index (χ1n) is 9.99. The minimum Gasteiger partial charge on any atom is -0.496 e. The highest BCUT2D eigenvalue weighted by Gasteiger charge is 2.40. The maximum absolute atomic E-state index is 13.1. The van der Waals surface area contributed by atoms with Gasteiger partial charge in [0.1, 0.15) is 5.75 Å². The highest BCUT2D eigenvalue weighted by Crippen LogP contribution is 2.37. The van der Waals surface area contributed by atoms with E-state index in [0.717, 1.165) is 22.9 Å². The summed E-state index contributed by atoms with van der Waals surface area (Å²) in [7, 11) is 1.58. The smallest absolute Gasteiger partial charge is 0.416 e. The van der Waals surface area contributed by atoms with Crippen LogP contribution in [-0.2, 0) is 20.4 Å². The maximum atomic E-state index is 13.1. The van der Waals surface area contributed by atoms with Crippen molar-refractivity contribution >= 4 is 22.4 Å². The van der Waals surface area contributed by atoms with Crippen LogP contribution in [0.5, 0.6) is 5.75 Å².